The number of nitrogens with two attached hydrogens (primary N) is 1. The van der Waals surface area contributed by atoms with Gasteiger partial charge in [0.1, 0.15) is 6.04 Å². The molecule has 1 amide bonds. The van der Waals surface area contributed by atoms with Crippen molar-refractivity contribution in [3.63, 3.8) is 0 Å². The highest BCUT2D eigenvalue weighted by molar-refractivity contribution is 6.32. The fraction of sp³-hybridized carbons (Fsp3) is 0.130. The molecule has 0 aliphatic carbocycles. The number of fused-ring (bicyclic) bond motifs is 1. The Bertz CT molecular complexity index is 1300. The third-order valence-corrected chi connectivity index (χ3v) is 5.30. The lowest BCUT2D eigenvalue weighted by Gasteiger charge is -2.12. The Morgan fingerprint density at radius 2 is 1.84 bits per heavy atom. The molecule has 1 aromatic heterocycles. The molecule has 0 saturated carbocycles. The van der Waals surface area contributed by atoms with Gasteiger partial charge >= 0.3 is 11.9 Å². The minimum absolute atomic E-state index is 0.0372. The number of amides is 1. The number of aromatic nitrogens is 1. The second kappa shape index (κ2) is 8.03. The molecule has 9 nitrogen and oxygen atoms in total. The Morgan fingerprint density at radius 1 is 1.16 bits per heavy atom. The lowest BCUT2D eigenvalue weighted by Crippen LogP contribution is -2.22. The summed E-state index contributed by atoms with van der Waals surface area (Å²) in [5, 5.41) is 15.1. The van der Waals surface area contributed by atoms with Crippen LogP contribution in [0.3, 0.4) is 0 Å². The Labute approximate surface area is 183 Å². The molecule has 3 aromatic rings. The van der Waals surface area contributed by atoms with Gasteiger partial charge in [-0.3, -0.25) is 4.79 Å². The molecular formula is C23H20N4O5. The minimum atomic E-state index is -1.06. The smallest absolute Gasteiger partial charge is 0.335 e. The van der Waals surface area contributed by atoms with E-state index in [9.17, 15) is 14.4 Å². The first-order chi connectivity index (χ1) is 15.3. The number of hydrazone groups is 1. The Kier molecular flexibility index (Phi) is 5.23. The third kappa shape index (κ3) is 3.49. The molecule has 1 aliphatic rings. The normalized spacial score (nSPS) is 15.8. The van der Waals surface area contributed by atoms with Crippen molar-refractivity contribution in [2.75, 3.05) is 12.1 Å². The monoisotopic (exact) mass is 432 g/mol. The number of hydrogen-bond acceptors (Lipinski definition) is 6. The topological polar surface area (TPSA) is 127 Å². The molecule has 1 unspecified atom stereocenters. The summed E-state index contributed by atoms with van der Waals surface area (Å²) in [6.07, 6.45) is 3.40. The van der Waals surface area contributed by atoms with Crippen molar-refractivity contribution in [2.24, 2.45) is 10.8 Å². The van der Waals surface area contributed by atoms with Gasteiger partial charge in [0.05, 0.1) is 23.9 Å². The molecule has 0 radical (unpaired) electrons. The van der Waals surface area contributed by atoms with Crippen molar-refractivity contribution >= 4 is 46.3 Å². The van der Waals surface area contributed by atoms with Crippen LogP contribution < -0.4 is 10.7 Å². The number of carbonyl (C=O) groups excluding carboxylic acids is 2. The van der Waals surface area contributed by atoms with E-state index in [-0.39, 0.29) is 22.9 Å². The van der Waals surface area contributed by atoms with Gasteiger partial charge in [0, 0.05) is 22.7 Å². The predicted octanol–water partition coefficient (Wildman–Crippen LogP) is 2.78. The summed E-state index contributed by atoms with van der Waals surface area (Å²) >= 11 is 0. The average molecular weight is 432 g/mol. The third-order valence-electron chi connectivity index (χ3n) is 5.30. The molecular weight excluding hydrogens is 412 g/mol. The second-order valence-corrected chi connectivity index (χ2v) is 7.22. The summed E-state index contributed by atoms with van der Waals surface area (Å²) in [4.78, 5) is 36.2. The number of carboxylic acids is 1. The summed E-state index contributed by atoms with van der Waals surface area (Å²) in [5.41, 5.74) is 8.24. The van der Waals surface area contributed by atoms with E-state index in [2.05, 4.69) is 5.10 Å². The van der Waals surface area contributed by atoms with Crippen molar-refractivity contribution in [2.45, 2.75) is 13.0 Å². The summed E-state index contributed by atoms with van der Waals surface area (Å²) in [7, 11) is 1.33. The Balaban J connectivity index is 1.73. The molecule has 162 valence electrons. The lowest BCUT2D eigenvalue weighted by atomic mass is 10.1. The van der Waals surface area contributed by atoms with Gasteiger partial charge in [-0.05, 0) is 43.3 Å². The highest BCUT2D eigenvalue weighted by atomic mass is 16.5. The number of amidine groups is 1. The zero-order valence-electron chi connectivity index (χ0n) is 17.4. The van der Waals surface area contributed by atoms with E-state index in [1.165, 1.54) is 31.4 Å². The number of carboxylic acid groups (broad SMARTS) is 1. The maximum Gasteiger partial charge on any atom is 0.335 e. The lowest BCUT2D eigenvalue weighted by molar-refractivity contribution is -0.143. The molecule has 0 fully saturated rings. The summed E-state index contributed by atoms with van der Waals surface area (Å²) < 4.78 is 6.65. The van der Waals surface area contributed by atoms with Crippen molar-refractivity contribution in [3.8, 4) is 0 Å². The SMILES string of the molecule is COC(=O)C(C)n1cc(C=C2C(=O)N(c3ccc(C(=O)O)cc3)N=C2N)c2ccccc21. The van der Waals surface area contributed by atoms with Crippen LogP contribution in [-0.2, 0) is 14.3 Å². The number of aromatic carboxylic acids is 1. The molecule has 3 N–H and O–H groups in total. The maximum atomic E-state index is 13.0. The van der Waals surface area contributed by atoms with E-state index in [1.54, 1.807) is 23.8 Å². The number of methoxy groups -OCH3 is 1. The van der Waals surface area contributed by atoms with Gasteiger partial charge in [-0.1, -0.05) is 18.2 Å². The highest BCUT2D eigenvalue weighted by Gasteiger charge is 2.30. The summed E-state index contributed by atoms with van der Waals surface area (Å²) in [5.74, 6) is -1.86. The Hall–Kier alpha value is -4.40. The number of carbonyl (C=O) groups is 3. The molecule has 0 saturated heterocycles. The first kappa shape index (κ1) is 20.9. The minimum Gasteiger partial charge on any atom is -0.478 e. The number of hydrogen-bond donors (Lipinski definition) is 2. The van der Waals surface area contributed by atoms with Crippen molar-refractivity contribution in [3.05, 3.63) is 71.4 Å². The number of anilines is 1. The van der Waals surface area contributed by atoms with E-state index in [4.69, 9.17) is 15.6 Å². The number of para-hydroxylation sites is 1. The Morgan fingerprint density at radius 3 is 2.50 bits per heavy atom. The average Bonchev–Trinajstić information content (AvgIpc) is 3.31. The van der Waals surface area contributed by atoms with Gasteiger partial charge in [-0.25, -0.2) is 9.59 Å². The second-order valence-electron chi connectivity index (χ2n) is 7.22. The van der Waals surface area contributed by atoms with Crippen LogP contribution in [0.15, 0.2) is 65.4 Å². The number of ether oxygens (including phenoxy) is 1. The highest BCUT2D eigenvalue weighted by Crippen LogP contribution is 2.29. The summed E-state index contributed by atoms with van der Waals surface area (Å²) in [6.45, 7) is 1.73. The molecule has 0 spiro atoms. The van der Waals surface area contributed by atoms with Gasteiger partial charge in [0.2, 0.25) is 0 Å². The van der Waals surface area contributed by atoms with Gasteiger partial charge in [0.15, 0.2) is 5.84 Å². The van der Waals surface area contributed by atoms with Gasteiger partial charge in [-0.2, -0.15) is 5.01 Å². The van der Waals surface area contributed by atoms with Crippen LogP contribution in [0.5, 0.6) is 0 Å². The molecule has 0 bridgehead atoms. The zero-order valence-corrected chi connectivity index (χ0v) is 17.4. The van der Waals surface area contributed by atoms with Gasteiger partial charge in [0.25, 0.3) is 5.91 Å². The fourth-order valence-electron chi connectivity index (χ4n) is 3.59. The van der Waals surface area contributed by atoms with Crippen LogP contribution in [0, 0.1) is 0 Å². The van der Waals surface area contributed by atoms with Crippen molar-refractivity contribution in [1.29, 1.82) is 0 Å². The summed E-state index contributed by atoms with van der Waals surface area (Å²) in [6, 6.07) is 12.7. The van der Waals surface area contributed by atoms with Crippen LogP contribution in [-0.4, -0.2) is 40.5 Å². The molecule has 1 aliphatic heterocycles. The fourth-order valence-corrected chi connectivity index (χ4v) is 3.59. The van der Waals surface area contributed by atoms with Crippen LogP contribution in [0.25, 0.3) is 17.0 Å². The number of rotatable bonds is 5. The van der Waals surface area contributed by atoms with E-state index < -0.39 is 17.9 Å². The zero-order chi connectivity index (χ0) is 23.0. The van der Waals surface area contributed by atoms with Crippen LogP contribution in [0.4, 0.5) is 5.69 Å². The van der Waals surface area contributed by atoms with E-state index >= 15 is 0 Å². The first-order valence-electron chi connectivity index (χ1n) is 9.73. The van der Waals surface area contributed by atoms with E-state index in [0.29, 0.717) is 11.3 Å². The molecule has 9 heteroatoms. The molecule has 2 heterocycles. The molecule has 1 atom stereocenters. The van der Waals surface area contributed by atoms with E-state index in [0.717, 1.165) is 15.9 Å². The molecule has 2 aromatic carbocycles. The van der Waals surface area contributed by atoms with Crippen molar-refractivity contribution in [1.82, 2.24) is 4.57 Å². The number of nitrogens with zero attached hydrogens (tertiary/aromatic N) is 3. The van der Waals surface area contributed by atoms with E-state index in [1.807, 2.05) is 24.3 Å². The van der Waals surface area contributed by atoms with Crippen LogP contribution in [0.2, 0.25) is 0 Å². The quantitative estimate of drug-likeness (QED) is 0.471. The van der Waals surface area contributed by atoms with Gasteiger partial charge in [-0.15, -0.1) is 5.10 Å². The molecule has 32 heavy (non-hydrogen) atoms. The predicted molar refractivity (Wildman–Crippen MR) is 119 cm³/mol. The maximum absolute atomic E-state index is 13.0. The van der Waals surface area contributed by atoms with Gasteiger partial charge < -0.3 is 20.1 Å². The number of benzene rings is 2. The molecule has 4 rings (SSSR count). The van der Waals surface area contributed by atoms with Crippen molar-refractivity contribution < 1.29 is 24.2 Å². The largest absolute Gasteiger partial charge is 0.478 e. The number of esters is 1. The van der Waals surface area contributed by atoms with Crippen LogP contribution in [0.1, 0.15) is 28.9 Å². The van der Waals surface area contributed by atoms with Crippen LogP contribution >= 0.6 is 0 Å². The standard InChI is InChI=1S/C23H20N4O5/c1-13(23(31)32-2)26-12-15(17-5-3-4-6-19(17)26)11-18-20(24)25-27(21(18)28)16-9-7-14(8-10-16)22(29)30/h3-13H,1-2H3,(H2,24,25)(H,29,30). The first-order valence-corrected chi connectivity index (χ1v) is 9.73.